The Balaban J connectivity index is 1.94. The summed E-state index contributed by atoms with van der Waals surface area (Å²) < 4.78 is 12.5. The molecular weight excluding hydrogens is 424 g/mol. The van der Waals surface area contributed by atoms with Crippen molar-refractivity contribution in [2.75, 3.05) is 0 Å². The van der Waals surface area contributed by atoms with Crippen LogP contribution in [0.15, 0.2) is 11.6 Å². The quantitative estimate of drug-likeness (QED) is 0.199. The zero-order valence-electron chi connectivity index (χ0n) is 23.8. The van der Waals surface area contributed by atoms with Crippen molar-refractivity contribution in [1.29, 1.82) is 0 Å². The molecule has 0 heterocycles. The molecule has 2 rings (SSSR count). The van der Waals surface area contributed by atoms with Crippen molar-refractivity contribution < 1.29 is 14.0 Å². The first kappa shape index (κ1) is 28.6. The number of carbonyl (C=O) groups is 1. The summed E-state index contributed by atoms with van der Waals surface area (Å²) in [6, 6.07) is 0. The molecule has 4 heteroatoms. The van der Waals surface area contributed by atoms with E-state index in [1.807, 2.05) is 20.8 Å². The maximum Gasteiger partial charge on any atom is 0.331 e. The number of hydrogen-bond donors (Lipinski definition) is 0. The highest BCUT2D eigenvalue weighted by molar-refractivity contribution is 6.74. The van der Waals surface area contributed by atoms with Crippen molar-refractivity contribution in [3.8, 4) is 0 Å². The average molecular weight is 479 g/mol. The number of ether oxygens (including phenoxy) is 1. The maximum atomic E-state index is 12.1. The van der Waals surface area contributed by atoms with Crippen LogP contribution < -0.4 is 0 Å². The van der Waals surface area contributed by atoms with E-state index in [-0.39, 0.29) is 11.0 Å². The van der Waals surface area contributed by atoms with Gasteiger partial charge in [-0.3, -0.25) is 0 Å². The fourth-order valence-electron chi connectivity index (χ4n) is 6.30. The van der Waals surface area contributed by atoms with Crippen molar-refractivity contribution in [1.82, 2.24) is 0 Å². The monoisotopic (exact) mass is 478 g/mol. The van der Waals surface area contributed by atoms with Crippen LogP contribution >= 0.6 is 0 Å². The van der Waals surface area contributed by atoms with Crippen LogP contribution in [0.25, 0.3) is 0 Å². The standard InChI is InChI=1S/C29H54O3Si/c1-21(20-26(30)31-27(3,4)5)14-12-15-22(2)23-17-18-24-25(16-13-19-29(23,24)9)32-33(10,11)28(6,7)8/h20,22-25H,12-19H2,1-11H3/b21-20+/t22-,23-,24+,25+,29-/m1/s1. The van der Waals surface area contributed by atoms with Crippen molar-refractivity contribution >= 4 is 14.3 Å². The first-order valence-corrected chi connectivity index (χ1v) is 16.4. The van der Waals surface area contributed by atoms with E-state index in [4.69, 9.17) is 9.16 Å². The summed E-state index contributed by atoms with van der Waals surface area (Å²) in [6.07, 6.45) is 12.1. The summed E-state index contributed by atoms with van der Waals surface area (Å²) in [4.78, 5) is 12.1. The highest BCUT2D eigenvalue weighted by Gasteiger charge is 2.54. The topological polar surface area (TPSA) is 35.5 Å². The Bertz CT molecular complexity index is 697. The second-order valence-electron chi connectivity index (χ2n) is 14.0. The van der Waals surface area contributed by atoms with Crippen molar-refractivity contribution in [3.05, 3.63) is 11.6 Å². The predicted molar refractivity (Wildman–Crippen MR) is 143 cm³/mol. The molecule has 2 saturated carbocycles. The highest BCUT2D eigenvalue weighted by Crippen LogP contribution is 2.59. The number of esters is 1. The zero-order chi connectivity index (χ0) is 25.2. The molecule has 0 amide bonds. The van der Waals surface area contributed by atoms with Gasteiger partial charge in [-0.2, -0.15) is 0 Å². The van der Waals surface area contributed by atoms with Gasteiger partial charge in [-0.1, -0.05) is 53.0 Å². The number of carbonyl (C=O) groups excluding carboxylic acids is 1. The van der Waals surface area contributed by atoms with Gasteiger partial charge in [0.2, 0.25) is 0 Å². The third-order valence-electron chi connectivity index (χ3n) is 9.08. The Kier molecular flexibility index (Phi) is 9.16. The minimum Gasteiger partial charge on any atom is -0.457 e. The van der Waals surface area contributed by atoms with Gasteiger partial charge in [-0.15, -0.1) is 0 Å². The summed E-state index contributed by atoms with van der Waals surface area (Å²) in [5.74, 6) is 2.03. The van der Waals surface area contributed by atoms with Gasteiger partial charge in [-0.05, 0) is 108 Å². The summed E-state index contributed by atoms with van der Waals surface area (Å²) in [5.41, 5.74) is 1.13. The van der Waals surface area contributed by atoms with Gasteiger partial charge in [-0.25, -0.2) is 4.79 Å². The van der Waals surface area contributed by atoms with Gasteiger partial charge < -0.3 is 9.16 Å². The molecule has 0 radical (unpaired) electrons. The SMILES string of the molecule is C/C(=C\C(=O)OC(C)(C)C)CCC[C@@H](C)[C@H]1CC[C@H]2[C@@H](O[Si](C)(C)C(C)(C)C)CCC[C@]12C. The van der Waals surface area contributed by atoms with Gasteiger partial charge >= 0.3 is 5.97 Å². The van der Waals surface area contributed by atoms with Gasteiger partial charge in [0.05, 0.1) is 0 Å². The molecule has 2 aliphatic carbocycles. The summed E-state index contributed by atoms with van der Waals surface area (Å²) in [6.45, 7) is 24.8. The Hall–Kier alpha value is -0.613. The van der Waals surface area contributed by atoms with E-state index in [0.29, 0.717) is 11.5 Å². The van der Waals surface area contributed by atoms with E-state index in [0.717, 1.165) is 36.2 Å². The normalized spacial score (nSPS) is 30.2. The Morgan fingerprint density at radius 3 is 2.33 bits per heavy atom. The molecule has 0 N–H and O–H groups in total. The second-order valence-corrected chi connectivity index (χ2v) is 18.8. The third kappa shape index (κ3) is 7.43. The van der Waals surface area contributed by atoms with Gasteiger partial charge in [0, 0.05) is 12.2 Å². The molecule has 0 spiro atoms. The van der Waals surface area contributed by atoms with Crippen LogP contribution in [0.4, 0.5) is 0 Å². The molecule has 0 bridgehead atoms. The van der Waals surface area contributed by atoms with Crippen LogP contribution in [0.5, 0.6) is 0 Å². The maximum absolute atomic E-state index is 12.1. The second kappa shape index (κ2) is 10.6. The predicted octanol–water partition coefficient (Wildman–Crippen LogP) is 8.69. The number of hydrogen-bond acceptors (Lipinski definition) is 3. The lowest BCUT2D eigenvalue weighted by Gasteiger charge is -2.50. The smallest absolute Gasteiger partial charge is 0.331 e. The lowest BCUT2D eigenvalue weighted by atomic mass is 9.61. The van der Waals surface area contributed by atoms with Crippen molar-refractivity contribution in [2.45, 2.75) is 144 Å². The Morgan fingerprint density at radius 1 is 1.12 bits per heavy atom. The minimum absolute atomic E-state index is 0.214. The molecule has 0 unspecified atom stereocenters. The fraction of sp³-hybridized carbons (Fsp3) is 0.897. The number of fused-ring (bicyclic) bond motifs is 1. The molecular formula is C29H54O3Si. The van der Waals surface area contributed by atoms with Crippen molar-refractivity contribution in [3.63, 3.8) is 0 Å². The molecule has 33 heavy (non-hydrogen) atoms. The van der Waals surface area contributed by atoms with Crippen LogP contribution in [-0.4, -0.2) is 26.0 Å². The van der Waals surface area contributed by atoms with Crippen LogP contribution in [0.3, 0.4) is 0 Å². The molecule has 3 nitrogen and oxygen atoms in total. The number of allylic oxidation sites excluding steroid dienone is 1. The van der Waals surface area contributed by atoms with Gasteiger partial charge in [0.15, 0.2) is 8.32 Å². The Morgan fingerprint density at radius 2 is 1.76 bits per heavy atom. The lowest BCUT2D eigenvalue weighted by molar-refractivity contribution is -0.148. The summed E-state index contributed by atoms with van der Waals surface area (Å²) in [5, 5.41) is 0.275. The number of rotatable bonds is 8. The zero-order valence-corrected chi connectivity index (χ0v) is 24.8. The molecule has 0 aromatic carbocycles. The third-order valence-corrected chi connectivity index (χ3v) is 13.6. The molecule has 0 aromatic heterocycles. The molecule has 2 aliphatic rings. The average Bonchev–Trinajstić information content (AvgIpc) is 2.96. The van der Waals surface area contributed by atoms with Crippen LogP contribution in [0, 0.1) is 23.2 Å². The van der Waals surface area contributed by atoms with E-state index >= 15 is 0 Å². The van der Waals surface area contributed by atoms with E-state index < -0.39 is 13.9 Å². The molecule has 0 saturated heterocycles. The molecule has 2 fully saturated rings. The first-order valence-electron chi connectivity index (χ1n) is 13.5. The van der Waals surface area contributed by atoms with E-state index in [1.54, 1.807) is 6.08 Å². The highest BCUT2D eigenvalue weighted by atomic mass is 28.4. The van der Waals surface area contributed by atoms with Crippen LogP contribution in [0.2, 0.25) is 18.1 Å². The Labute approximate surface area is 206 Å². The fourth-order valence-corrected chi connectivity index (χ4v) is 7.69. The van der Waals surface area contributed by atoms with Gasteiger partial charge in [0.25, 0.3) is 0 Å². The molecule has 192 valence electrons. The van der Waals surface area contributed by atoms with Crippen LogP contribution in [-0.2, 0) is 14.0 Å². The molecule has 5 atom stereocenters. The first-order chi connectivity index (χ1) is 15.0. The van der Waals surface area contributed by atoms with Crippen LogP contribution in [0.1, 0.15) is 114 Å². The van der Waals surface area contributed by atoms with E-state index in [9.17, 15) is 4.79 Å². The molecule has 0 aromatic rings. The minimum atomic E-state index is -1.74. The summed E-state index contributed by atoms with van der Waals surface area (Å²) in [7, 11) is -1.74. The molecule has 0 aliphatic heterocycles. The largest absolute Gasteiger partial charge is 0.457 e. The van der Waals surface area contributed by atoms with Crippen molar-refractivity contribution in [2.24, 2.45) is 23.2 Å². The van der Waals surface area contributed by atoms with E-state index in [1.165, 1.54) is 38.5 Å². The van der Waals surface area contributed by atoms with Gasteiger partial charge in [0.1, 0.15) is 5.60 Å². The summed E-state index contributed by atoms with van der Waals surface area (Å²) >= 11 is 0. The lowest BCUT2D eigenvalue weighted by Crippen LogP contribution is -2.50. The van der Waals surface area contributed by atoms with E-state index in [2.05, 4.69) is 54.6 Å².